The number of Topliss-reactive ketones (excluding diaryl/α,β-unsaturated/α-hetero) is 1. The Balaban J connectivity index is 2.35. The highest BCUT2D eigenvalue weighted by molar-refractivity contribution is 5.78. The highest BCUT2D eigenvalue weighted by Gasteiger charge is 2.28. The molecule has 0 aliphatic carbocycles. The predicted molar refractivity (Wildman–Crippen MR) is 62.3 cm³/mol. The molecule has 1 unspecified atom stereocenters. The quantitative estimate of drug-likeness (QED) is 0.782. The Labute approximate surface area is 95.1 Å². The third-order valence-corrected chi connectivity index (χ3v) is 3.13. The minimum absolute atomic E-state index is 0.156. The van der Waals surface area contributed by atoms with Crippen molar-refractivity contribution in [3.8, 4) is 0 Å². The van der Waals surface area contributed by atoms with Crippen LogP contribution in [0.4, 0.5) is 10.1 Å². The summed E-state index contributed by atoms with van der Waals surface area (Å²) in [6.45, 7) is 5.39. The molecule has 0 radical (unpaired) electrons. The van der Waals surface area contributed by atoms with E-state index in [1.807, 2.05) is 6.07 Å². The Morgan fingerprint density at radius 2 is 2.31 bits per heavy atom. The molecule has 0 saturated carbocycles. The molecule has 0 amide bonds. The van der Waals surface area contributed by atoms with Gasteiger partial charge in [-0.2, -0.15) is 0 Å². The average molecular weight is 221 g/mol. The van der Waals surface area contributed by atoms with Crippen molar-refractivity contribution in [2.75, 3.05) is 18.0 Å². The Morgan fingerprint density at radius 3 is 2.94 bits per heavy atom. The summed E-state index contributed by atoms with van der Waals surface area (Å²) in [5.41, 5.74) is 2.06. The van der Waals surface area contributed by atoms with E-state index in [0.717, 1.165) is 24.3 Å². The fourth-order valence-corrected chi connectivity index (χ4v) is 2.42. The summed E-state index contributed by atoms with van der Waals surface area (Å²) >= 11 is 0. The van der Waals surface area contributed by atoms with E-state index in [2.05, 4.69) is 11.8 Å². The number of likely N-dealkylation sites (N-methyl/N-ethyl adjacent to an activating group) is 1. The van der Waals surface area contributed by atoms with Crippen LogP contribution in [-0.2, 0) is 4.79 Å². The monoisotopic (exact) mass is 221 g/mol. The lowest BCUT2D eigenvalue weighted by molar-refractivity contribution is -0.117. The van der Waals surface area contributed by atoms with Crippen LogP contribution < -0.4 is 4.90 Å². The smallest absolute Gasteiger partial charge is 0.130 e. The van der Waals surface area contributed by atoms with Gasteiger partial charge in [0.15, 0.2) is 0 Å². The van der Waals surface area contributed by atoms with Crippen molar-refractivity contribution in [2.24, 2.45) is 0 Å². The van der Waals surface area contributed by atoms with Gasteiger partial charge in [-0.15, -0.1) is 0 Å². The zero-order chi connectivity index (χ0) is 11.7. The summed E-state index contributed by atoms with van der Waals surface area (Å²) in [4.78, 5) is 13.4. The molecule has 86 valence electrons. The van der Waals surface area contributed by atoms with Gasteiger partial charge in [-0.05, 0) is 37.6 Å². The number of rotatable bonds is 3. The molecule has 1 aliphatic heterocycles. The highest BCUT2D eigenvalue weighted by atomic mass is 19.1. The fraction of sp³-hybridized carbons (Fsp3) is 0.462. The summed E-state index contributed by atoms with van der Waals surface area (Å²) in [5, 5.41) is 0. The van der Waals surface area contributed by atoms with Crippen LogP contribution in [0.2, 0.25) is 0 Å². The first-order valence-corrected chi connectivity index (χ1v) is 5.65. The number of benzene rings is 1. The number of hydrogen-bond donors (Lipinski definition) is 0. The second-order valence-electron chi connectivity index (χ2n) is 4.34. The van der Waals surface area contributed by atoms with Gasteiger partial charge in [0.25, 0.3) is 0 Å². The normalized spacial score (nSPS) is 18.7. The minimum atomic E-state index is -0.217. The van der Waals surface area contributed by atoms with Crippen LogP contribution in [0.5, 0.6) is 0 Å². The number of halogens is 1. The Hall–Kier alpha value is -1.38. The highest BCUT2D eigenvalue weighted by Crippen LogP contribution is 2.38. The predicted octanol–water partition coefficient (Wildman–Crippen LogP) is 2.73. The summed E-state index contributed by atoms with van der Waals surface area (Å²) in [7, 11) is 0. The Morgan fingerprint density at radius 1 is 1.56 bits per heavy atom. The van der Waals surface area contributed by atoms with Gasteiger partial charge in [0.05, 0.1) is 0 Å². The number of carbonyl (C=O) groups excluding carboxylic acids is 1. The van der Waals surface area contributed by atoms with Crippen LogP contribution in [0.1, 0.15) is 31.7 Å². The van der Waals surface area contributed by atoms with Crippen molar-refractivity contribution in [3.05, 3.63) is 29.6 Å². The number of fused-ring (bicyclic) bond motifs is 1. The molecule has 1 aromatic carbocycles. The first-order chi connectivity index (χ1) is 7.61. The van der Waals surface area contributed by atoms with E-state index in [9.17, 15) is 9.18 Å². The molecule has 0 bridgehead atoms. The van der Waals surface area contributed by atoms with E-state index >= 15 is 0 Å². The molecule has 0 spiro atoms. The number of nitrogens with zero attached hydrogens (tertiary/aromatic N) is 1. The van der Waals surface area contributed by atoms with Gasteiger partial charge in [0, 0.05) is 31.1 Å². The van der Waals surface area contributed by atoms with Crippen LogP contribution >= 0.6 is 0 Å². The largest absolute Gasteiger partial charge is 0.371 e. The molecule has 0 aromatic heterocycles. The van der Waals surface area contributed by atoms with Crippen molar-refractivity contribution < 1.29 is 9.18 Å². The van der Waals surface area contributed by atoms with E-state index in [-0.39, 0.29) is 17.5 Å². The molecule has 1 heterocycles. The first kappa shape index (κ1) is 11.1. The molecule has 2 nitrogen and oxygen atoms in total. The molecule has 3 heteroatoms. The third-order valence-electron chi connectivity index (χ3n) is 3.13. The van der Waals surface area contributed by atoms with Crippen LogP contribution in [0.3, 0.4) is 0 Å². The fourth-order valence-electron chi connectivity index (χ4n) is 2.42. The standard InChI is InChI=1S/C13H16FNO/c1-3-15-8-10(6-9(2)16)12-7-11(14)4-5-13(12)15/h4-5,7,10H,3,6,8H2,1-2H3. The van der Waals surface area contributed by atoms with Crippen molar-refractivity contribution in [2.45, 2.75) is 26.2 Å². The van der Waals surface area contributed by atoms with Crippen LogP contribution in [-0.4, -0.2) is 18.9 Å². The van der Waals surface area contributed by atoms with Gasteiger partial charge < -0.3 is 9.69 Å². The summed E-state index contributed by atoms with van der Waals surface area (Å²) in [6, 6.07) is 4.87. The lowest BCUT2D eigenvalue weighted by Crippen LogP contribution is -2.21. The number of carbonyl (C=O) groups is 1. The number of anilines is 1. The SMILES string of the molecule is CCN1CC(CC(C)=O)c2cc(F)ccc21. The summed E-state index contributed by atoms with van der Waals surface area (Å²) in [5.74, 6) is 0.103. The van der Waals surface area contributed by atoms with E-state index in [0.29, 0.717) is 6.42 Å². The molecular weight excluding hydrogens is 205 g/mol. The second kappa shape index (κ2) is 4.24. The van der Waals surface area contributed by atoms with E-state index < -0.39 is 0 Å². The molecule has 0 saturated heterocycles. The third kappa shape index (κ3) is 1.94. The van der Waals surface area contributed by atoms with Crippen LogP contribution in [0.25, 0.3) is 0 Å². The average Bonchev–Trinajstić information content (AvgIpc) is 2.55. The van der Waals surface area contributed by atoms with Crippen LogP contribution in [0.15, 0.2) is 18.2 Å². The maximum absolute atomic E-state index is 13.2. The molecule has 1 atom stereocenters. The summed E-state index contributed by atoms with van der Waals surface area (Å²) < 4.78 is 13.2. The van der Waals surface area contributed by atoms with E-state index in [4.69, 9.17) is 0 Å². The van der Waals surface area contributed by atoms with Crippen molar-refractivity contribution in [3.63, 3.8) is 0 Å². The van der Waals surface area contributed by atoms with Gasteiger partial charge in [-0.1, -0.05) is 0 Å². The lowest BCUT2D eigenvalue weighted by atomic mass is 9.96. The van der Waals surface area contributed by atoms with E-state index in [1.165, 1.54) is 6.07 Å². The number of hydrogen-bond acceptors (Lipinski definition) is 2. The number of ketones is 1. The lowest BCUT2D eigenvalue weighted by Gasteiger charge is -2.16. The molecule has 0 fully saturated rings. The minimum Gasteiger partial charge on any atom is -0.371 e. The Bertz CT molecular complexity index is 416. The molecule has 16 heavy (non-hydrogen) atoms. The van der Waals surface area contributed by atoms with Gasteiger partial charge in [-0.3, -0.25) is 0 Å². The summed E-state index contributed by atoms with van der Waals surface area (Å²) in [6.07, 6.45) is 0.507. The van der Waals surface area contributed by atoms with Crippen molar-refractivity contribution in [1.29, 1.82) is 0 Å². The molecule has 0 N–H and O–H groups in total. The molecule has 1 aromatic rings. The second-order valence-corrected chi connectivity index (χ2v) is 4.34. The Kier molecular flexibility index (Phi) is 2.95. The van der Waals surface area contributed by atoms with Gasteiger partial charge >= 0.3 is 0 Å². The molecule has 2 rings (SSSR count). The zero-order valence-electron chi connectivity index (χ0n) is 9.66. The van der Waals surface area contributed by atoms with E-state index in [1.54, 1.807) is 13.0 Å². The van der Waals surface area contributed by atoms with Gasteiger partial charge in [0.1, 0.15) is 11.6 Å². The molecular formula is C13H16FNO. The van der Waals surface area contributed by atoms with Crippen molar-refractivity contribution >= 4 is 11.5 Å². The van der Waals surface area contributed by atoms with Gasteiger partial charge in [-0.25, -0.2) is 4.39 Å². The van der Waals surface area contributed by atoms with Crippen LogP contribution in [0, 0.1) is 5.82 Å². The topological polar surface area (TPSA) is 20.3 Å². The zero-order valence-corrected chi connectivity index (χ0v) is 9.66. The van der Waals surface area contributed by atoms with Crippen molar-refractivity contribution in [1.82, 2.24) is 0 Å². The molecule has 1 aliphatic rings. The maximum Gasteiger partial charge on any atom is 0.130 e. The maximum atomic E-state index is 13.2. The first-order valence-electron chi connectivity index (χ1n) is 5.65. The van der Waals surface area contributed by atoms with Gasteiger partial charge in [0.2, 0.25) is 0 Å².